The van der Waals surface area contributed by atoms with Gasteiger partial charge in [0.1, 0.15) is 11.3 Å². The number of amides is 1. The van der Waals surface area contributed by atoms with Crippen molar-refractivity contribution in [2.45, 2.75) is 0 Å². The number of aromatic nitrogens is 4. The highest BCUT2D eigenvalue weighted by Gasteiger charge is 2.23. The molecule has 4 rings (SSSR count). The summed E-state index contributed by atoms with van der Waals surface area (Å²) in [4.78, 5) is 25.4. The number of pyridine rings is 2. The van der Waals surface area contributed by atoms with Gasteiger partial charge in [-0.05, 0) is 18.2 Å². The van der Waals surface area contributed by atoms with Crippen molar-refractivity contribution in [2.75, 3.05) is 31.1 Å². The summed E-state index contributed by atoms with van der Waals surface area (Å²) in [7, 11) is 1.84. The highest BCUT2D eigenvalue weighted by atomic mass is 35.5. The van der Waals surface area contributed by atoms with Crippen LogP contribution in [0.25, 0.3) is 11.0 Å². The third-order valence-electron chi connectivity index (χ3n) is 4.45. The monoisotopic (exact) mass is 356 g/mol. The molecule has 1 aliphatic heterocycles. The first-order chi connectivity index (χ1) is 12.1. The van der Waals surface area contributed by atoms with Crippen molar-refractivity contribution in [3.05, 3.63) is 47.4 Å². The van der Waals surface area contributed by atoms with Gasteiger partial charge >= 0.3 is 0 Å². The van der Waals surface area contributed by atoms with E-state index in [0.717, 1.165) is 29.9 Å². The molecule has 25 heavy (non-hydrogen) atoms. The lowest BCUT2D eigenvalue weighted by atomic mass is 10.2. The predicted octanol–water partition coefficient (Wildman–Crippen LogP) is 1.98. The van der Waals surface area contributed by atoms with Crippen LogP contribution in [0.3, 0.4) is 0 Å². The van der Waals surface area contributed by atoms with Crippen molar-refractivity contribution in [1.82, 2.24) is 24.6 Å². The SMILES string of the molecule is Cn1ncc2ncc(C(=O)N3CCN(c4ccc(Cl)cn4)CC3)cc21. The highest BCUT2D eigenvalue weighted by molar-refractivity contribution is 6.30. The van der Waals surface area contributed by atoms with Gasteiger partial charge in [0.15, 0.2) is 0 Å². The van der Waals surface area contributed by atoms with Crippen molar-refractivity contribution in [2.24, 2.45) is 7.05 Å². The fraction of sp³-hybridized carbons (Fsp3) is 0.294. The van der Waals surface area contributed by atoms with Gasteiger partial charge in [-0.15, -0.1) is 0 Å². The molecule has 0 aliphatic carbocycles. The molecule has 0 radical (unpaired) electrons. The molecule has 0 bridgehead atoms. The zero-order chi connectivity index (χ0) is 17.4. The number of halogens is 1. The van der Waals surface area contributed by atoms with Crippen LogP contribution in [-0.2, 0) is 7.05 Å². The zero-order valence-corrected chi connectivity index (χ0v) is 14.5. The number of carbonyl (C=O) groups excluding carboxylic acids is 1. The van der Waals surface area contributed by atoms with E-state index < -0.39 is 0 Å². The normalized spacial score (nSPS) is 15.0. The lowest BCUT2D eigenvalue weighted by Gasteiger charge is -2.35. The van der Waals surface area contributed by atoms with Crippen LogP contribution in [-0.4, -0.2) is 56.7 Å². The Morgan fingerprint density at radius 3 is 2.60 bits per heavy atom. The Hall–Kier alpha value is -2.67. The molecule has 0 atom stereocenters. The molecule has 1 aliphatic rings. The third-order valence-corrected chi connectivity index (χ3v) is 4.67. The average molecular weight is 357 g/mol. The fourth-order valence-corrected chi connectivity index (χ4v) is 3.13. The Balaban J connectivity index is 1.46. The maximum atomic E-state index is 12.8. The first-order valence-corrected chi connectivity index (χ1v) is 8.43. The quantitative estimate of drug-likeness (QED) is 0.702. The molecule has 128 valence electrons. The van der Waals surface area contributed by atoms with E-state index in [1.165, 1.54) is 0 Å². The minimum absolute atomic E-state index is 0.000634. The topological polar surface area (TPSA) is 67.2 Å². The first kappa shape index (κ1) is 15.8. The number of anilines is 1. The van der Waals surface area contributed by atoms with Gasteiger partial charge in [-0.2, -0.15) is 5.10 Å². The van der Waals surface area contributed by atoms with E-state index in [-0.39, 0.29) is 5.91 Å². The molecule has 0 N–H and O–H groups in total. The standard InChI is InChI=1S/C17H17ClN6O/c1-22-15-8-12(9-19-14(15)11-21-22)17(25)24-6-4-23(5-7-24)16-3-2-13(18)10-20-16/h2-3,8-11H,4-7H2,1H3. The molecule has 1 saturated heterocycles. The maximum absolute atomic E-state index is 12.8. The van der Waals surface area contributed by atoms with E-state index in [9.17, 15) is 4.79 Å². The number of hydrogen-bond acceptors (Lipinski definition) is 5. The van der Waals surface area contributed by atoms with Crippen LogP contribution >= 0.6 is 11.6 Å². The minimum Gasteiger partial charge on any atom is -0.353 e. The van der Waals surface area contributed by atoms with Crippen LogP contribution in [0, 0.1) is 0 Å². The van der Waals surface area contributed by atoms with E-state index in [1.807, 2.05) is 30.1 Å². The Morgan fingerprint density at radius 2 is 1.88 bits per heavy atom. The number of fused-ring (bicyclic) bond motifs is 1. The fourth-order valence-electron chi connectivity index (χ4n) is 3.02. The summed E-state index contributed by atoms with van der Waals surface area (Å²) >= 11 is 5.88. The van der Waals surface area contributed by atoms with Crippen LogP contribution in [0.1, 0.15) is 10.4 Å². The maximum Gasteiger partial charge on any atom is 0.255 e. The smallest absolute Gasteiger partial charge is 0.255 e. The van der Waals surface area contributed by atoms with Crippen LogP contribution in [0.2, 0.25) is 5.02 Å². The zero-order valence-electron chi connectivity index (χ0n) is 13.8. The van der Waals surface area contributed by atoms with Gasteiger partial charge in [0.2, 0.25) is 0 Å². The average Bonchev–Trinajstić information content (AvgIpc) is 3.02. The van der Waals surface area contributed by atoms with Gasteiger partial charge in [-0.25, -0.2) is 4.98 Å². The van der Waals surface area contributed by atoms with Gasteiger partial charge in [0.25, 0.3) is 5.91 Å². The molecule has 0 unspecified atom stereocenters. The van der Waals surface area contributed by atoms with E-state index in [0.29, 0.717) is 23.7 Å². The predicted molar refractivity (Wildman–Crippen MR) is 95.9 cm³/mol. The van der Waals surface area contributed by atoms with Gasteiger partial charge in [-0.3, -0.25) is 14.5 Å². The molecule has 0 aromatic carbocycles. The van der Waals surface area contributed by atoms with Crippen molar-refractivity contribution >= 4 is 34.4 Å². The highest BCUT2D eigenvalue weighted by Crippen LogP contribution is 2.18. The Labute approximate surface area is 149 Å². The second kappa shape index (κ2) is 6.33. The number of nitrogens with zero attached hydrogens (tertiary/aromatic N) is 6. The Morgan fingerprint density at radius 1 is 1.08 bits per heavy atom. The van der Waals surface area contributed by atoms with E-state index in [2.05, 4.69) is 20.0 Å². The molecule has 1 fully saturated rings. The second-order valence-electron chi connectivity index (χ2n) is 6.01. The van der Waals surface area contributed by atoms with Crippen LogP contribution in [0.15, 0.2) is 36.8 Å². The summed E-state index contributed by atoms with van der Waals surface area (Å²) < 4.78 is 1.73. The summed E-state index contributed by atoms with van der Waals surface area (Å²) in [6.07, 6.45) is 4.96. The molecule has 8 heteroatoms. The van der Waals surface area contributed by atoms with E-state index >= 15 is 0 Å². The van der Waals surface area contributed by atoms with Crippen molar-refractivity contribution in [3.8, 4) is 0 Å². The summed E-state index contributed by atoms with van der Waals surface area (Å²) in [6.45, 7) is 2.77. The Bertz CT molecular complexity index is 915. The summed E-state index contributed by atoms with van der Waals surface area (Å²) in [5, 5.41) is 4.79. The van der Waals surface area contributed by atoms with Gasteiger partial charge in [-0.1, -0.05) is 11.6 Å². The number of aryl methyl sites for hydroxylation is 1. The molecule has 1 amide bonds. The number of hydrogen-bond donors (Lipinski definition) is 0. The van der Waals surface area contributed by atoms with Gasteiger partial charge < -0.3 is 9.80 Å². The third kappa shape index (κ3) is 3.02. The molecule has 0 spiro atoms. The number of piperazine rings is 1. The minimum atomic E-state index is -0.000634. The van der Waals surface area contributed by atoms with Crippen LogP contribution in [0.5, 0.6) is 0 Å². The van der Waals surface area contributed by atoms with Crippen molar-refractivity contribution in [1.29, 1.82) is 0 Å². The van der Waals surface area contributed by atoms with Crippen molar-refractivity contribution < 1.29 is 4.79 Å². The van der Waals surface area contributed by atoms with Crippen molar-refractivity contribution in [3.63, 3.8) is 0 Å². The summed E-state index contributed by atoms with van der Waals surface area (Å²) in [5.41, 5.74) is 2.24. The number of rotatable bonds is 2. The summed E-state index contributed by atoms with van der Waals surface area (Å²) in [5.74, 6) is 0.883. The summed E-state index contributed by atoms with van der Waals surface area (Å²) in [6, 6.07) is 5.58. The van der Waals surface area contributed by atoms with E-state index in [1.54, 1.807) is 23.3 Å². The molecular weight excluding hydrogens is 340 g/mol. The van der Waals surface area contributed by atoms with E-state index in [4.69, 9.17) is 11.6 Å². The molecule has 3 aromatic rings. The molecular formula is C17H17ClN6O. The molecule has 7 nitrogen and oxygen atoms in total. The Kier molecular flexibility index (Phi) is 4.01. The molecule has 4 heterocycles. The van der Waals surface area contributed by atoms with Crippen LogP contribution in [0.4, 0.5) is 5.82 Å². The van der Waals surface area contributed by atoms with Gasteiger partial charge in [0, 0.05) is 45.6 Å². The van der Waals surface area contributed by atoms with Crippen LogP contribution < -0.4 is 4.90 Å². The molecule has 3 aromatic heterocycles. The van der Waals surface area contributed by atoms with Gasteiger partial charge in [0.05, 0.1) is 22.3 Å². The lowest BCUT2D eigenvalue weighted by molar-refractivity contribution is 0.0746. The lowest BCUT2D eigenvalue weighted by Crippen LogP contribution is -2.49. The number of carbonyl (C=O) groups is 1. The first-order valence-electron chi connectivity index (χ1n) is 8.05. The second-order valence-corrected chi connectivity index (χ2v) is 6.45. The largest absolute Gasteiger partial charge is 0.353 e. The molecule has 0 saturated carbocycles.